The van der Waals surface area contributed by atoms with Crippen molar-refractivity contribution in [2.24, 2.45) is 0 Å². The van der Waals surface area contributed by atoms with Gasteiger partial charge in [-0.2, -0.15) is 5.26 Å². The molecule has 0 atom stereocenters. The molecular weight excluding hydrogens is 148 g/mol. The average molecular weight is 156 g/mol. The van der Waals surface area contributed by atoms with Gasteiger partial charge in [-0.1, -0.05) is 0 Å². The van der Waals surface area contributed by atoms with Crippen molar-refractivity contribution in [1.82, 2.24) is 4.98 Å². The van der Waals surface area contributed by atoms with E-state index in [1.54, 1.807) is 0 Å². The molecule has 0 aliphatic heterocycles. The Morgan fingerprint density at radius 2 is 2.25 bits per heavy atom. The Labute approximate surface area is 70.4 Å². The minimum absolute atomic E-state index is 0.718. The monoisotopic (exact) mass is 156 g/mol. The van der Waals surface area contributed by atoms with Crippen molar-refractivity contribution in [2.75, 3.05) is 0 Å². The van der Waals surface area contributed by atoms with Crippen LogP contribution in [-0.2, 0) is 0 Å². The second kappa shape index (κ2) is 2.38. The summed E-state index contributed by atoms with van der Waals surface area (Å²) in [6.45, 7) is 1.99. The van der Waals surface area contributed by atoms with Gasteiger partial charge >= 0.3 is 0 Å². The van der Waals surface area contributed by atoms with E-state index in [9.17, 15) is 0 Å². The molecule has 0 aliphatic carbocycles. The van der Waals surface area contributed by atoms with Crippen molar-refractivity contribution in [1.29, 1.82) is 5.26 Å². The summed E-state index contributed by atoms with van der Waals surface area (Å²) < 4.78 is 0. The van der Waals surface area contributed by atoms with Crippen LogP contribution in [0.2, 0.25) is 0 Å². The first-order chi connectivity index (χ1) is 5.81. The van der Waals surface area contributed by atoms with Crippen molar-refractivity contribution in [3.8, 4) is 6.07 Å². The Morgan fingerprint density at radius 3 is 3.00 bits per heavy atom. The highest BCUT2D eigenvalue weighted by Crippen LogP contribution is 2.18. The molecule has 58 valence electrons. The Kier molecular flexibility index (Phi) is 1.38. The zero-order chi connectivity index (χ0) is 8.55. The molecule has 2 aromatic rings. The van der Waals surface area contributed by atoms with Crippen molar-refractivity contribution >= 4 is 10.9 Å². The first kappa shape index (κ1) is 6.93. The van der Waals surface area contributed by atoms with Gasteiger partial charge in [0.05, 0.1) is 11.1 Å². The van der Waals surface area contributed by atoms with Gasteiger partial charge in [-0.25, -0.2) is 0 Å². The van der Waals surface area contributed by atoms with Gasteiger partial charge in [0.15, 0.2) is 0 Å². The van der Waals surface area contributed by atoms with Crippen LogP contribution in [0.5, 0.6) is 0 Å². The zero-order valence-electron chi connectivity index (χ0n) is 6.76. The van der Waals surface area contributed by atoms with Crippen LogP contribution in [0.1, 0.15) is 11.1 Å². The second-order valence-electron chi connectivity index (χ2n) is 2.87. The van der Waals surface area contributed by atoms with E-state index in [-0.39, 0.29) is 0 Å². The van der Waals surface area contributed by atoms with Gasteiger partial charge in [0.2, 0.25) is 0 Å². The molecule has 0 saturated carbocycles. The third-order valence-corrected chi connectivity index (χ3v) is 1.92. The van der Waals surface area contributed by atoms with Crippen LogP contribution >= 0.6 is 0 Å². The first-order valence-electron chi connectivity index (χ1n) is 3.79. The minimum atomic E-state index is 0.718. The summed E-state index contributed by atoms with van der Waals surface area (Å²) in [5, 5.41) is 9.91. The number of aryl methyl sites for hydroxylation is 1. The molecule has 0 aliphatic rings. The first-order valence-corrected chi connectivity index (χ1v) is 3.79. The number of aromatic amines is 1. The molecule has 0 saturated heterocycles. The highest BCUT2D eigenvalue weighted by Gasteiger charge is 2.01. The van der Waals surface area contributed by atoms with Crippen LogP contribution in [-0.4, -0.2) is 4.98 Å². The maximum absolute atomic E-state index is 8.81. The van der Waals surface area contributed by atoms with Crippen LogP contribution in [0.4, 0.5) is 0 Å². The molecule has 0 spiro atoms. The molecule has 0 amide bonds. The zero-order valence-corrected chi connectivity index (χ0v) is 6.76. The molecule has 0 fully saturated rings. The van der Waals surface area contributed by atoms with Gasteiger partial charge in [-0.3, -0.25) is 0 Å². The number of aromatic nitrogens is 1. The Hall–Kier alpha value is -1.75. The van der Waals surface area contributed by atoms with Gasteiger partial charge in [-0.15, -0.1) is 0 Å². The normalized spacial score (nSPS) is 10.0. The quantitative estimate of drug-likeness (QED) is 0.624. The van der Waals surface area contributed by atoms with Crippen LogP contribution in [0, 0.1) is 18.3 Å². The molecular formula is C10H8N2. The van der Waals surface area contributed by atoms with Crippen molar-refractivity contribution in [3.05, 3.63) is 35.5 Å². The number of benzene rings is 1. The molecule has 2 nitrogen and oxygen atoms in total. The number of hydrogen-bond acceptors (Lipinski definition) is 1. The third kappa shape index (κ3) is 0.876. The van der Waals surface area contributed by atoms with E-state index in [1.165, 1.54) is 0 Å². The van der Waals surface area contributed by atoms with Gasteiger partial charge in [-0.05, 0) is 30.7 Å². The number of nitriles is 1. The third-order valence-electron chi connectivity index (χ3n) is 1.92. The molecule has 0 unspecified atom stereocenters. The van der Waals surface area contributed by atoms with Gasteiger partial charge in [0.1, 0.15) is 6.07 Å². The average Bonchev–Trinajstić information content (AvgIpc) is 2.50. The van der Waals surface area contributed by atoms with E-state index < -0.39 is 0 Å². The van der Waals surface area contributed by atoms with E-state index in [4.69, 9.17) is 5.26 Å². The molecule has 0 bridgehead atoms. The van der Waals surface area contributed by atoms with Crippen LogP contribution in [0.25, 0.3) is 10.9 Å². The highest BCUT2D eigenvalue weighted by atomic mass is 14.7. The number of nitrogens with zero attached hydrogens (tertiary/aromatic N) is 1. The topological polar surface area (TPSA) is 39.6 Å². The van der Waals surface area contributed by atoms with E-state index in [0.717, 1.165) is 22.0 Å². The summed E-state index contributed by atoms with van der Waals surface area (Å²) in [6.07, 6.45) is 1.85. The maximum Gasteiger partial charge on any atom is 0.101 e. The molecule has 2 heteroatoms. The van der Waals surface area contributed by atoms with Crippen LogP contribution in [0.15, 0.2) is 24.4 Å². The smallest absolute Gasteiger partial charge is 0.101 e. The summed E-state index contributed by atoms with van der Waals surface area (Å²) in [4.78, 5) is 3.04. The summed E-state index contributed by atoms with van der Waals surface area (Å²) in [5.41, 5.74) is 2.77. The lowest BCUT2D eigenvalue weighted by Crippen LogP contribution is -1.80. The molecule has 2 rings (SSSR count). The van der Waals surface area contributed by atoms with E-state index >= 15 is 0 Å². The summed E-state index contributed by atoms with van der Waals surface area (Å²) >= 11 is 0. The second-order valence-corrected chi connectivity index (χ2v) is 2.87. The Balaban J connectivity index is 2.91. The number of nitrogens with one attached hydrogen (secondary N) is 1. The number of hydrogen-bond donors (Lipinski definition) is 1. The fraction of sp³-hybridized carbons (Fsp3) is 0.100. The Bertz CT molecular complexity index is 460. The van der Waals surface area contributed by atoms with Gasteiger partial charge < -0.3 is 4.98 Å². The number of rotatable bonds is 0. The standard InChI is InChI=1S/C10H8N2/c1-7-4-8-2-3-12-10(8)9(5-7)6-11/h2-5,12H,1H3. The SMILES string of the molecule is Cc1cc(C#N)c2[nH]ccc2c1. The maximum atomic E-state index is 8.81. The van der Waals surface area contributed by atoms with Gasteiger partial charge in [0.25, 0.3) is 0 Å². The predicted octanol–water partition coefficient (Wildman–Crippen LogP) is 2.35. The van der Waals surface area contributed by atoms with Crippen molar-refractivity contribution in [2.45, 2.75) is 6.92 Å². The molecule has 1 aromatic carbocycles. The van der Waals surface area contributed by atoms with E-state index in [1.807, 2.05) is 25.3 Å². The predicted molar refractivity (Wildman–Crippen MR) is 47.8 cm³/mol. The molecule has 12 heavy (non-hydrogen) atoms. The lowest BCUT2D eigenvalue weighted by atomic mass is 10.1. The van der Waals surface area contributed by atoms with Gasteiger partial charge in [0, 0.05) is 11.6 Å². The minimum Gasteiger partial charge on any atom is -0.360 e. The van der Waals surface area contributed by atoms with E-state index in [0.29, 0.717) is 0 Å². The molecule has 1 aromatic heterocycles. The number of H-pyrrole nitrogens is 1. The molecule has 1 N–H and O–H groups in total. The summed E-state index contributed by atoms with van der Waals surface area (Å²) in [5.74, 6) is 0. The van der Waals surface area contributed by atoms with Crippen molar-refractivity contribution < 1.29 is 0 Å². The molecule has 1 heterocycles. The summed E-state index contributed by atoms with van der Waals surface area (Å²) in [7, 11) is 0. The van der Waals surface area contributed by atoms with Crippen LogP contribution in [0.3, 0.4) is 0 Å². The number of fused-ring (bicyclic) bond motifs is 1. The van der Waals surface area contributed by atoms with E-state index in [2.05, 4.69) is 17.1 Å². The molecule has 0 radical (unpaired) electrons. The lowest BCUT2D eigenvalue weighted by molar-refractivity contribution is 1.41. The van der Waals surface area contributed by atoms with Crippen LogP contribution < -0.4 is 0 Å². The largest absolute Gasteiger partial charge is 0.360 e. The van der Waals surface area contributed by atoms with Crippen molar-refractivity contribution in [3.63, 3.8) is 0 Å². The fourth-order valence-corrected chi connectivity index (χ4v) is 1.41. The summed E-state index contributed by atoms with van der Waals surface area (Å²) in [6, 6.07) is 8.09. The highest BCUT2D eigenvalue weighted by molar-refractivity contribution is 5.85. The fourth-order valence-electron chi connectivity index (χ4n) is 1.41. The lowest BCUT2D eigenvalue weighted by Gasteiger charge is -1.95. The Morgan fingerprint density at radius 1 is 1.42 bits per heavy atom.